The second kappa shape index (κ2) is 5.30. The van der Waals surface area contributed by atoms with Crippen LogP contribution in [-0.2, 0) is 0 Å². The molecule has 0 saturated heterocycles. The minimum atomic E-state index is 0.929. The Morgan fingerprint density at radius 1 is 1.05 bits per heavy atom. The zero-order chi connectivity index (χ0) is 14.1. The SMILES string of the molecule is c1ccc2cc(-c3csc(NC4=NCCC4)n3)ccc2c1. The van der Waals surface area contributed by atoms with Gasteiger partial charge in [-0.1, -0.05) is 36.4 Å². The van der Waals surface area contributed by atoms with E-state index in [1.165, 1.54) is 10.8 Å². The van der Waals surface area contributed by atoms with Crippen molar-refractivity contribution in [2.75, 3.05) is 11.9 Å². The Bertz CT molecular complexity index is 820. The molecule has 3 nitrogen and oxygen atoms in total. The van der Waals surface area contributed by atoms with E-state index in [9.17, 15) is 0 Å². The Balaban J connectivity index is 1.64. The number of aromatic nitrogens is 1. The Morgan fingerprint density at radius 3 is 2.81 bits per heavy atom. The molecule has 0 saturated carbocycles. The van der Waals surface area contributed by atoms with Crippen LogP contribution in [0, 0.1) is 0 Å². The summed E-state index contributed by atoms with van der Waals surface area (Å²) in [5, 5.41) is 8.86. The number of nitrogens with one attached hydrogen (secondary N) is 1. The van der Waals surface area contributed by atoms with Gasteiger partial charge in [-0.15, -0.1) is 11.3 Å². The highest BCUT2D eigenvalue weighted by atomic mass is 32.1. The molecule has 4 rings (SSSR count). The molecule has 0 unspecified atom stereocenters. The van der Waals surface area contributed by atoms with E-state index in [1.54, 1.807) is 11.3 Å². The van der Waals surface area contributed by atoms with Gasteiger partial charge in [-0.3, -0.25) is 4.99 Å². The first kappa shape index (κ1) is 12.5. The van der Waals surface area contributed by atoms with Gasteiger partial charge in [-0.2, -0.15) is 0 Å². The summed E-state index contributed by atoms with van der Waals surface area (Å²) >= 11 is 1.63. The predicted molar refractivity (Wildman–Crippen MR) is 90.2 cm³/mol. The molecule has 0 atom stereocenters. The minimum absolute atomic E-state index is 0.929. The summed E-state index contributed by atoms with van der Waals surface area (Å²) in [7, 11) is 0. The number of hydrogen-bond acceptors (Lipinski definition) is 4. The van der Waals surface area contributed by atoms with E-state index in [0.29, 0.717) is 0 Å². The average Bonchev–Trinajstić information content (AvgIpc) is 3.19. The molecule has 2 heterocycles. The lowest BCUT2D eigenvalue weighted by Crippen LogP contribution is -2.07. The molecule has 104 valence electrons. The largest absolute Gasteiger partial charge is 0.320 e. The van der Waals surface area contributed by atoms with Crippen molar-refractivity contribution in [1.82, 2.24) is 4.98 Å². The van der Waals surface area contributed by atoms with Crippen LogP contribution in [0.1, 0.15) is 12.8 Å². The molecule has 0 amide bonds. The fraction of sp³-hybridized carbons (Fsp3) is 0.176. The van der Waals surface area contributed by atoms with Crippen molar-refractivity contribution in [2.24, 2.45) is 4.99 Å². The van der Waals surface area contributed by atoms with Gasteiger partial charge in [0.25, 0.3) is 0 Å². The second-order valence-corrected chi connectivity index (χ2v) is 6.01. The molecule has 1 aliphatic rings. The van der Waals surface area contributed by atoms with Crippen molar-refractivity contribution in [3.63, 3.8) is 0 Å². The lowest BCUT2D eigenvalue weighted by Gasteiger charge is -2.02. The lowest BCUT2D eigenvalue weighted by atomic mass is 10.1. The second-order valence-electron chi connectivity index (χ2n) is 5.16. The quantitative estimate of drug-likeness (QED) is 0.751. The minimum Gasteiger partial charge on any atom is -0.320 e. The van der Waals surface area contributed by atoms with E-state index in [-0.39, 0.29) is 0 Å². The van der Waals surface area contributed by atoms with Gasteiger partial charge in [0.2, 0.25) is 0 Å². The molecular formula is C17H15N3S. The smallest absolute Gasteiger partial charge is 0.188 e. The number of rotatable bonds is 2. The van der Waals surface area contributed by atoms with E-state index in [4.69, 9.17) is 0 Å². The van der Waals surface area contributed by atoms with E-state index in [0.717, 1.165) is 41.6 Å². The molecule has 4 heteroatoms. The third-order valence-corrected chi connectivity index (χ3v) is 4.43. The fourth-order valence-electron chi connectivity index (χ4n) is 2.58. The summed E-state index contributed by atoms with van der Waals surface area (Å²) in [6.45, 7) is 0.936. The van der Waals surface area contributed by atoms with Crippen LogP contribution in [0.3, 0.4) is 0 Å². The van der Waals surface area contributed by atoms with Crippen LogP contribution < -0.4 is 5.32 Å². The molecular weight excluding hydrogens is 278 g/mol. The maximum atomic E-state index is 4.68. The maximum Gasteiger partial charge on any atom is 0.188 e. The molecule has 0 aliphatic carbocycles. The first-order valence-corrected chi connectivity index (χ1v) is 8.01. The normalized spacial score (nSPS) is 14.4. The number of aliphatic imine (C=N–C) groups is 1. The van der Waals surface area contributed by atoms with Crippen molar-refractivity contribution in [1.29, 1.82) is 0 Å². The molecule has 1 aliphatic heterocycles. The van der Waals surface area contributed by atoms with Gasteiger partial charge < -0.3 is 5.32 Å². The first-order valence-electron chi connectivity index (χ1n) is 7.13. The summed E-state index contributed by atoms with van der Waals surface area (Å²) in [4.78, 5) is 9.10. The van der Waals surface area contributed by atoms with Crippen LogP contribution >= 0.6 is 11.3 Å². The van der Waals surface area contributed by atoms with Crippen molar-refractivity contribution in [3.8, 4) is 11.3 Å². The molecule has 21 heavy (non-hydrogen) atoms. The average molecular weight is 293 g/mol. The van der Waals surface area contributed by atoms with Gasteiger partial charge in [0.1, 0.15) is 5.84 Å². The zero-order valence-corrected chi connectivity index (χ0v) is 12.4. The number of hydrogen-bond donors (Lipinski definition) is 1. The van der Waals surface area contributed by atoms with Gasteiger partial charge in [-0.05, 0) is 23.3 Å². The highest BCUT2D eigenvalue weighted by Gasteiger charge is 2.10. The van der Waals surface area contributed by atoms with Crippen molar-refractivity contribution in [3.05, 3.63) is 47.8 Å². The van der Waals surface area contributed by atoms with Crippen molar-refractivity contribution in [2.45, 2.75) is 12.8 Å². The number of thiazole rings is 1. The van der Waals surface area contributed by atoms with Crippen LogP contribution in [0.5, 0.6) is 0 Å². The van der Waals surface area contributed by atoms with E-state index in [2.05, 4.69) is 63.1 Å². The Morgan fingerprint density at radius 2 is 1.95 bits per heavy atom. The molecule has 0 spiro atoms. The number of anilines is 1. The molecule has 0 radical (unpaired) electrons. The van der Waals surface area contributed by atoms with Gasteiger partial charge in [0.05, 0.1) is 5.69 Å². The van der Waals surface area contributed by atoms with Crippen LogP contribution in [0.15, 0.2) is 52.8 Å². The molecule has 1 aromatic heterocycles. The van der Waals surface area contributed by atoms with Gasteiger partial charge >= 0.3 is 0 Å². The highest BCUT2D eigenvalue weighted by Crippen LogP contribution is 2.28. The van der Waals surface area contributed by atoms with Gasteiger partial charge in [0.15, 0.2) is 5.13 Å². The van der Waals surface area contributed by atoms with Crippen LogP contribution in [0.25, 0.3) is 22.0 Å². The van der Waals surface area contributed by atoms with Gasteiger partial charge in [0, 0.05) is 23.9 Å². The van der Waals surface area contributed by atoms with E-state index < -0.39 is 0 Å². The summed E-state index contributed by atoms with van der Waals surface area (Å²) in [6, 6.07) is 14.9. The number of amidine groups is 1. The Labute approximate surface area is 127 Å². The number of fused-ring (bicyclic) bond motifs is 1. The van der Waals surface area contributed by atoms with Gasteiger partial charge in [-0.25, -0.2) is 4.98 Å². The Kier molecular flexibility index (Phi) is 3.16. The standard InChI is InChI=1S/C17H15N3S/c1-2-5-13-10-14(8-7-12(13)4-1)15-11-21-17(19-15)20-16-6-3-9-18-16/h1-2,4-5,7-8,10-11H,3,6,9H2,(H,18,19,20). The van der Waals surface area contributed by atoms with Crippen LogP contribution in [0.4, 0.5) is 5.13 Å². The molecule has 3 aromatic rings. The van der Waals surface area contributed by atoms with E-state index >= 15 is 0 Å². The zero-order valence-electron chi connectivity index (χ0n) is 11.5. The molecule has 1 N–H and O–H groups in total. The third-order valence-electron chi connectivity index (χ3n) is 3.67. The lowest BCUT2D eigenvalue weighted by molar-refractivity contribution is 0.951. The molecule has 2 aromatic carbocycles. The van der Waals surface area contributed by atoms with Crippen molar-refractivity contribution >= 4 is 33.1 Å². The number of benzene rings is 2. The topological polar surface area (TPSA) is 37.3 Å². The summed E-state index contributed by atoms with van der Waals surface area (Å²) in [5.41, 5.74) is 2.18. The monoisotopic (exact) mass is 293 g/mol. The fourth-order valence-corrected chi connectivity index (χ4v) is 3.32. The number of nitrogens with zero attached hydrogens (tertiary/aromatic N) is 2. The first-order chi connectivity index (χ1) is 10.4. The molecule has 0 bridgehead atoms. The van der Waals surface area contributed by atoms with Crippen LogP contribution in [0.2, 0.25) is 0 Å². The summed E-state index contributed by atoms with van der Waals surface area (Å²) in [6.07, 6.45) is 2.18. The van der Waals surface area contributed by atoms with E-state index in [1.807, 2.05) is 0 Å². The van der Waals surface area contributed by atoms with Crippen LogP contribution in [-0.4, -0.2) is 17.4 Å². The molecule has 0 fully saturated rings. The summed E-state index contributed by atoms with van der Waals surface area (Å²) < 4.78 is 0. The Hall–Kier alpha value is -2.20. The van der Waals surface area contributed by atoms with Crippen molar-refractivity contribution < 1.29 is 0 Å². The third kappa shape index (κ3) is 2.54. The predicted octanol–water partition coefficient (Wildman–Crippen LogP) is 4.57. The summed E-state index contributed by atoms with van der Waals surface area (Å²) in [5.74, 6) is 1.06. The maximum absolute atomic E-state index is 4.68. The highest BCUT2D eigenvalue weighted by molar-refractivity contribution is 7.14.